The van der Waals surface area contributed by atoms with Gasteiger partial charge >= 0.3 is 0 Å². The van der Waals surface area contributed by atoms with Crippen LogP contribution < -0.4 is 17.2 Å². The number of hydrogen-bond donors (Lipinski definition) is 3. The molecule has 6 N–H and O–H groups in total. The van der Waals surface area contributed by atoms with E-state index in [2.05, 4.69) is 70.4 Å². The van der Waals surface area contributed by atoms with Crippen molar-refractivity contribution < 1.29 is 0 Å². The van der Waals surface area contributed by atoms with Crippen molar-refractivity contribution >= 4 is 5.70 Å². The molecule has 0 aromatic heterocycles. The summed E-state index contributed by atoms with van der Waals surface area (Å²) in [5.41, 5.74) is 13.1. The van der Waals surface area contributed by atoms with Crippen molar-refractivity contribution in [3.8, 4) is 0 Å². The monoisotopic (exact) mass is 339 g/mol. The topological polar surface area (TPSA) is 73.0 Å². The summed E-state index contributed by atoms with van der Waals surface area (Å²) in [6, 6.07) is 8.78. The van der Waals surface area contributed by atoms with Crippen molar-refractivity contribution in [3.63, 3.8) is 0 Å². The molecule has 1 aromatic carbocycles. The predicted molar refractivity (Wildman–Crippen MR) is 110 cm³/mol. The summed E-state index contributed by atoms with van der Waals surface area (Å²) in [5, 5.41) is 3.53. The molecule has 1 aliphatic rings. The van der Waals surface area contributed by atoms with E-state index in [9.17, 15) is 0 Å². The molecule has 0 bridgehead atoms. The molecule has 0 fully saturated rings. The molecule has 0 saturated heterocycles. The molecule has 1 aliphatic carbocycles. The quantitative estimate of drug-likeness (QED) is 0.683. The van der Waals surface area contributed by atoms with Crippen molar-refractivity contribution in [2.24, 2.45) is 11.7 Å². The van der Waals surface area contributed by atoms with Crippen molar-refractivity contribution in [2.75, 3.05) is 0 Å². The van der Waals surface area contributed by atoms with Crippen LogP contribution in [0.25, 0.3) is 5.70 Å². The molecule has 1 atom stereocenters. The molecule has 3 nitrogen and oxygen atoms in total. The zero-order valence-corrected chi connectivity index (χ0v) is 16.1. The van der Waals surface area contributed by atoms with Gasteiger partial charge in [0.15, 0.2) is 0 Å². The average molecular weight is 340 g/mol. The summed E-state index contributed by atoms with van der Waals surface area (Å²) in [7, 11) is 0. The average Bonchev–Trinajstić information content (AvgIpc) is 2.55. The molecule has 2 rings (SSSR count). The van der Waals surface area contributed by atoms with Gasteiger partial charge in [-0.1, -0.05) is 63.4 Å². The Hall–Kier alpha value is -2.26. The first kappa shape index (κ1) is 20.8. The summed E-state index contributed by atoms with van der Waals surface area (Å²) in [6.45, 7) is 16.9. The molecule has 1 aromatic rings. The van der Waals surface area contributed by atoms with Crippen molar-refractivity contribution in [3.05, 3.63) is 77.5 Å². The summed E-state index contributed by atoms with van der Waals surface area (Å²) >= 11 is 0. The van der Waals surface area contributed by atoms with E-state index in [0.717, 1.165) is 29.0 Å². The number of nitrogens with one attached hydrogen (secondary N) is 1. The van der Waals surface area contributed by atoms with E-state index in [1.165, 1.54) is 11.1 Å². The normalized spacial score (nSPS) is 23.4. The van der Waals surface area contributed by atoms with E-state index >= 15 is 0 Å². The van der Waals surface area contributed by atoms with Gasteiger partial charge in [0.2, 0.25) is 0 Å². The van der Waals surface area contributed by atoms with Crippen molar-refractivity contribution in [1.82, 2.24) is 11.5 Å². The van der Waals surface area contributed by atoms with Gasteiger partial charge in [0.25, 0.3) is 0 Å². The first-order chi connectivity index (χ1) is 11.4. The Bertz CT molecular complexity index is 693. The summed E-state index contributed by atoms with van der Waals surface area (Å²) < 4.78 is 0. The standard InChI is InChI=1S/C22H30N2.H3N/c1-7-16-13-20(14(3)4)18-11-9-10-12-19(18)21(23)22(17(16)8-2)24-15(5)6;/h7-12,14-15,20,24H,1-2,13,23H2,3-6H3;1H3/b17-16-,22-21-;. The fourth-order valence-electron chi connectivity index (χ4n) is 3.43. The molecule has 0 spiro atoms. The Kier molecular flexibility index (Phi) is 7.25. The lowest BCUT2D eigenvalue weighted by Crippen LogP contribution is -2.28. The SMILES string of the molecule is C=C/C1=C(C=C)/C(NC(C)C)=C(/N)c2ccccc2C(C(C)C)C1.N. The minimum Gasteiger partial charge on any atom is -0.397 e. The summed E-state index contributed by atoms with van der Waals surface area (Å²) in [4.78, 5) is 0. The highest BCUT2D eigenvalue weighted by Gasteiger charge is 2.26. The lowest BCUT2D eigenvalue weighted by Gasteiger charge is -2.30. The molecule has 0 amide bonds. The Labute approximate surface area is 153 Å². The lowest BCUT2D eigenvalue weighted by molar-refractivity contribution is 0.494. The van der Waals surface area contributed by atoms with Crippen molar-refractivity contribution in [1.29, 1.82) is 0 Å². The number of allylic oxidation sites excluding steroid dienone is 3. The number of nitrogens with two attached hydrogens (primary N) is 1. The molecule has 136 valence electrons. The molecule has 0 heterocycles. The highest BCUT2D eigenvalue weighted by atomic mass is 14.9. The molecular formula is C22H33N3. The first-order valence-corrected chi connectivity index (χ1v) is 8.74. The molecule has 3 heteroatoms. The third kappa shape index (κ3) is 4.23. The summed E-state index contributed by atoms with van der Waals surface area (Å²) in [5.74, 6) is 0.919. The van der Waals surface area contributed by atoms with Crippen LogP contribution in [-0.2, 0) is 0 Å². The largest absolute Gasteiger partial charge is 0.397 e. The zero-order chi connectivity index (χ0) is 17.9. The fraction of sp³-hybridized carbons (Fsp3) is 0.364. The molecule has 25 heavy (non-hydrogen) atoms. The Balaban J connectivity index is 0.00000312. The van der Waals surface area contributed by atoms with Crippen LogP contribution in [-0.4, -0.2) is 6.04 Å². The fourth-order valence-corrected chi connectivity index (χ4v) is 3.43. The van der Waals surface area contributed by atoms with Crippen LogP contribution in [0.15, 0.2) is 66.4 Å². The van der Waals surface area contributed by atoms with Gasteiger partial charge in [-0.05, 0) is 43.2 Å². The minimum absolute atomic E-state index is 0. The molecule has 0 saturated carbocycles. The predicted octanol–water partition coefficient (Wildman–Crippen LogP) is 5.29. The van der Waals surface area contributed by atoms with Crippen LogP contribution in [0.2, 0.25) is 0 Å². The second-order valence-corrected chi connectivity index (χ2v) is 7.08. The molecule has 1 unspecified atom stereocenters. The Morgan fingerprint density at radius 3 is 2.28 bits per heavy atom. The second-order valence-electron chi connectivity index (χ2n) is 7.08. The zero-order valence-electron chi connectivity index (χ0n) is 16.1. The second kappa shape index (κ2) is 8.72. The van der Waals surface area contributed by atoms with Gasteiger partial charge in [-0.25, -0.2) is 0 Å². The number of hydrogen-bond acceptors (Lipinski definition) is 3. The van der Waals surface area contributed by atoms with E-state index in [1.54, 1.807) is 0 Å². The third-order valence-electron chi connectivity index (χ3n) is 4.66. The van der Waals surface area contributed by atoms with E-state index in [4.69, 9.17) is 5.73 Å². The van der Waals surface area contributed by atoms with E-state index in [1.807, 2.05) is 12.2 Å². The first-order valence-electron chi connectivity index (χ1n) is 8.74. The van der Waals surface area contributed by atoms with Crippen LogP contribution in [0.4, 0.5) is 0 Å². The molecular weight excluding hydrogens is 306 g/mol. The number of benzene rings is 1. The van der Waals surface area contributed by atoms with Crippen LogP contribution in [0, 0.1) is 5.92 Å². The molecule has 0 radical (unpaired) electrons. The van der Waals surface area contributed by atoms with E-state index in [-0.39, 0.29) is 12.2 Å². The Morgan fingerprint density at radius 1 is 1.12 bits per heavy atom. The maximum Gasteiger partial charge on any atom is 0.0658 e. The lowest BCUT2D eigenvalue weighted by atomic mass is 9.77. The highest BCUT2D eigenvalue weighted by Crippen LogP contribution is 2.39. The van der Waals surface area contributed by atoms with Crippen LogP contribution in [0.1, 0.15) is 51.2 Å². The van der Waals surface area contributed by atoms with Gasteiger partial charge in [-0.15, -0.1) is 0 Å². The van der Waals surface area contributed by atoms with Gasteiger partial charge in [0.1, 0.15) is 0 Å². The smallest absolute Gasteiger partial charge is 0.0658 e. The van der Waals surface area contributed by atoms with Crippen molar-refractivity contribution in [2.45, 2.75) is 46.1 Å². The van der Waals surface area contributed by atoms with Crippen LogP contribution in [0.3, 0.4) is 0 Å². The van der Waals surface area contributed by atoms with E-state index < -0.39 is 0 Å². The maximum absolute atomic E-state index is 6.65. The van der Waals surface area contributed by atoms with Gasteiger partial charge in [-0.2, -0.15) is 0 Å². The van der Waals surface area contributed by atoms with E-state index in [0.29, 0.717) is 11.8 Å². The molecule has 0 aliphatic heterocycles. The van der Waals surface area contributed by atoms with Gasteiger partial charge < -0.3 is 17.2 Å². The van der Waals surface area contributed by atoms with Gasteiger partial charge in [0.05, 0.1) is 11.4 Å². The highest BCUT2D eigenvalue weighted by molar-refractivity contribution is 5.75. The number of rotatable bonds is 5. The Morgan fingerprint density at radius 2 is 1.76 bits per heavy atom. The third-order valence-corrected chi connectivity index (χ3v) is 4.66. The van der Waals surface area contributed by atoms with Gasteiger partial charge in [-0.3, -0.25) is 0 Å². The van der Waals surface area contributed by atoms with Crippen LogP contribution >= 0.6 is 0 Å². The van der Waals surface area contributed by atoms with Crippen LogP contribution in [0.5, 0.6) is 0 Å². The maximum atomic E-state index is 6.65. The minimum atomic E-state index is 0. The van der Waals surface area contributed by atoms with Gasteiger partial charge in [0, 0.05) is 17.2 Å². The number of fused-ring (bicyclic) bond motifs is 1. The summed E-state index contributed by atoms with van der Waals surface area (Å²) in [6.07, 6.45) is 4.80.